The molecule has 2 rings (SSSR count). The summed E-state index contributed by atoms with van der Waals surface area (Å²) in [6.45, 7) is -1.99. The van der Waals surface area contributed by atoms with Crippen LogP contribution in [0.3, 0.4) is 0 Å². The van der Waals surface area contributed by atoms with Gasteiger partial charge >= 0.3 is 18.7 Å². The van der Waals surface area contributed by atoms with Gasteiger partial charge in [-0.25, -0.2) is 9.59 Å². The van der Waals surface area contributed by atoms with Crippen molar-refractivity contribution in [2.75, 3.05) is 25.5 Å². The fourth-order valence-corrected chi connectivity index (χ4v) is 2.49. The van der Waals surface area contributed by atoms with Gasteiger partial charge in [-0.3, -0.25) is 0 Å². The quantitative estimate of drug-likeness (QED) is 0.881. The van der Waals surface area contributed by atoms with E-state index in [9.17, 15) is 18.4 Å². The van der Waals surface area contributed by atoms with Crippen molar-refractivity contribution in [3.05, 3.63) is 24.3 Å². The molecule has 9 heteroatoms. The maximum absolute atomic E-state index is 12.2. The van der Waals surface area contributed by atoms with Crippen LogP contribution >= 0.6 is 0 Å². The van der Waals surface area contributed by atoms with E-state index in [1.807, 2.05) is 0 Å². The molecule has 1 aromatic rings. The molecule has 0 aromatic heterocycles. The first-order valence-electron chi connectivity index (χ1n) is 7.43. The first-order chi connectivity index (χ1) is 11.5. The zero-order valence-corrected chi connectivity index (χ0v) is 13.1. The molecule has 0 bridgehead atoms. The van der Waals surface area contributed by atoms with Gasteiger partial charge in [0.05, 0.1) is 7.11 Å². The lowest BCUT2D eigenvalue weighted by molar-refractivity contribution is -0.0498. The predicted molar refractivity (Wildman–Crippen MR) is 82.2 cm³/mol. The van der Waals surface area contributed by atoms with Crippen LogP contribution in [-0.2, 0) is 4.74 Å². The summed E-state index contributed by atoms with van der Waals surface area (Å²) in [5.41, 5.74) is 0.325. The van der Waals surface area contributed by atoms with Gasteiger partial charge in [-0.2, -0.15) is 8.78 Å². The zero-order chi connectivity index (χ0) is 17.5. The molecule has 1 heterocycles. The molecule has 1 aliphatic heterocycles. The second kappa shape index (κ2) is 8.32. The second-order valence-corrected chi connectivity index (χ2v) is 5.26. The Bertz CT molecular complexity index is 586. The fourth-order valence-electron chi connectivity index (χ4n) is 2.49. The lowest BCUT2D eigenvalue weighted by Gasteiger charge is -2.32. The van der Waals surface area contributed by atoms with E-state index in [1.54, 1.807) is 6.07 Å². The average molecular weight is 343 g/mol. The number of amides is 3. The minimum atomic E-state index is -2.93. The van der Waals surface area contributed by atoms with Crippen LogP contribution in [0.1, 0.15) is 12.8 Å². The highest BCUT2D eigenvalue weighted by Crippen LogP contribution is 2.19. The lowest BCUT2D eigenvalue weighted by atomic mass is 10.1. The maximum atomic E-state index is 12.2. The Morgan fingerprint density at radius 1 is 1.38 bits per heavy atom. The number of piperidine rings is 1. The van der Waals surface area contributed by atoms with Crippen LogP contribution in [0.2, 0.25) is 0 Å². The van der Waals surface area contributed by atoms with Crippen LogP contribution < -0.4 is 15.4 Å². The van der Waals surface area contributed by atoms with Gasteiger partial charge in [-0.15, -0.1) is 0 Å². The van der Waals surface area contributed by atoms with Crippen molar-refractivity contribution < 1.29 is 27.8 Å². The molecule has 0 spiro atoms. The Hall–Kier alpha value is -2.58. The molecule has 1 fully saturated rings. The van der Waals surface area contributed by atoms with Crippen molar-refractivity contribution in [2.24, 2.45) is 0 Å². The van der Waals surface area contributed by atoms with Crippen molar-refractivity contribution in [1.82, 2.24) is 10.2 Å². The number of alkyl halides is 2. The smallest absolute Gasteiger partial charge is 0.409 e. The van der Waals surface area contributed by atoms with E-state index in [0.717, 1.165) is 12.8 Å². The second-order valence-electron chi connectivity index (χ2n) is 5.26. The Morgan fingerprint density at radius 2 is 2.17 bits per heavy atom. The van der Waals surface area contributed by atoms with Gasteiger partial charge in [0.15, 0.2) is 0 Å². The van der Waals surface area contributed by atoms with Crippen molar-refractivity contribution in [1.29, 1.82) is 0 Å². The number of nitrogens with one attached hydrogen (secondary N) is 2. The van der Waals surface area contributed by atoms with E-state index >= 15 is 0 Å². The summed E-state index contributed by atoms with van der Waals surface area (Å²) in [5.74, 6) is -0.0441. The number of benzene rings is 1. The summed E-state index contributed by atoms with van der Waals surface area (Å²) in [4.78, 5) is 25.0. The van der Waals surface area contributed by atoms with Crippen molar-refractivity contribution in [2.45, 2.75) is 25.5 Å². The Balaban J connectivity index is 1.87. The van der Waals surface area contributed by atoms with E-state index in [1.165, 1.54) is 30.2 Å². The number of hydrogen-bond acceptors (Lipinski definition) is 4. The molecule has 132 valence electrons. The molecule has 7 nitrogen and oxygen atoms in total. The third-order valence-corrected chi connectivity index (χ3v) is 3.51. The van der Waals surface area contributed by atoms with E-state index in [4.69, 9.17) is 0 Å². The normalized spacial score (nSPS) is 17.3. The van der Waals surface area contributed by atoms with E-state index in [0.29, 0.717) is 18.8 Å². The SMILES string of the molecule is COC(=O)N1CCC[C@H](NC(=O)Nc2cccc(OC(F)F)c2)C1. The highest BCUT2D eigenvalue weighted by Gasteiger charge is 2.25. The number of ether oxygens (including phenoxy) is 2. The molecular weight excluding hydrogens is 324 g/mol. The Kier molecular flexibility index (Phi) is 6.16. The largest absolute Gasteiger partial charge is 0.453 e. The minimum absolute atomic E-state index is 0.0441. The molecule has 0 radical (unpaired) electrons. The van der Waals surface area contributed by atoms with Crippen molar-refractivity contribution in [3.8, 4) is 5.75 Å². The standard InChI is InChI=1S/C15H19F2N3O4/c1-23-15(22)20-7-3-5-11(9-20)19-14(21)18-10-4-2-6-12(8-10)24-13(16)17/h2,4,6,8,11,13H,3,5,7,9H2,1H3,(H2,18,19,21)/t11-/m0/s1. The molecule has 1 saturated heterocycles. The Morgan fingerprint density at radius 3 is 2.88 bits per heavy atom. The number of likely N-dealkylation sites (tertiary alicyclic amines) is 1. The summed E-state index contributed by atoms with van der Waals surface area (Å²) >= 11 is 0. The third kappa shape index (κ3) is 5.25. The lowest BCUT2D eigenvalue weighted by Crippen LogP contribution is -2.50. The fraction of sp³-hybridized carbons (Fsp3) is 0.467. The number of nitrogens with zero attached hydrogens (tertiary/aromatic N) is 1. The van der Waals surface area contributed by atoms with Crippen LogP contribution in [0, 0.1) is 0 Å². The molecule has 0 saturated carbocycles. The summed E-state index contributed by atoms with van der Waals surface area (Å²) < 4.78 is 33.3. The highest BCUT2D eigenvalue weighted by atomic mass is 19.3. The van der Waals surface area contributed by atoms with Crippen LogP contribution in [0.4, 0.5) is 24.1 Å². The molecule has 2 N–H and O–H groups in total. The van der Waals surface area contributed by atoms with Gasteiger partial charge in [0.2, 0.25) is 0 Å². The molecular formula is C15H19F2N3O4. The molecule has 24 heavy (non-hydrogen) atoms. The molecule has 1 aromatic carbocycles. The number of halogens is 2. The van der Waals surface area contributed by atoms with E-state index in [2.05, 4.69) is 20.1 Å². The van der Waals surface area contributed by atoms with Gasteiger partial charge in [0.1, 0.15) is 5.75 Å². The molecule has 1 aliphatic rings. The predicted octanol–water partition coefficient (Wildman–Crippen LogP) is 2.64. The summed E-state index contributed by atoms with van der Waals surface area (Å²) in [6.07, 6.45) is 1.05. The van der Waals surface area contributed by atoms with Crippen LogP contribution in [0.5, 0.6) is 5.75 Å². The van der Waals surface area contributed by atoms with Crippen LogP contribution in [0.15, 0.2) is 24.3 Å². The maximum Gasteiger partial charge on any atom is 0.409 e. The van der Waals surface area contributed by atoms with Crippen molar-refractivity contribution in [3.63, 3.8) is 0 Å². The van der Waals surface area contributed by atoms with Gasteiger partial charge in [-0.1, -0.05) is 6.07 Å². The van der Waals surface area contributed by atoms with Crippen LogP contribution in [-0.4, -0.2) is 49.9 Å². The van der Waals surface area contributed by atoms with Gasteiger partial charge in [0, 0.05) is 30.9 Å². The number of methoxy groups -OCH3 is 1. The third-order valence-electron chi connectivity index (χ3n) is 3.51. The minimum Gasteiger partial charge on any atom is -0.453 e. The van der Waals surface area contributed by atoms with Crippen LogP contribution in [0.25, 0.3) is 0 Å². The Labute approximate surface area is 137 Å². The summed E-state index contributed by atoms with van der Waals surface area (Å²) in [6, 6.07) is 5.02. The van der Waals surface area contributed by atoms with Crippen molar-refractivity contribution >= 4 is 17.8 Å². The van der Waals surface area contributed by atoms with Gasteiger partial charge in [0.25, 0.3) is 0 Å². The van der Waals surface area contributed by atoms with E-state index in [-0.39, 0.29) is 11.8 Å². The first-order valence-corrected chi connectivity index (χ1v) is 7.43. The number of hydrogen-bond donors (Lipinski definition) is 2. The summed E-state index contributed by atoms with van der Waals surface area (Å²) in [7, 11) is 1.31. The highest BCUT2D eigenvalue weighted by molar-refractivity contribution is 5.89. The monoisotopic (exact) mass is 343 g/mol. The number of carbonyl (C=O) groups excluding carboxylic acids is 2. The number of urea groups is 1. The molecule has 3 amide bonds. The topological polar surface area (TPSA) is 79.9 Å². The van der Waals surface area contributed by atoms with Gasteiger partial charge < -0.3 is 25.0 Å². The number of carbonyl (C=O) groups is 2. The number of anilines is 1. The van der Waals surface area contributed by atoms with E-state index < -0.39 is 18.7 Å². The average Bonchev–Trinajstić information content (AvgIpc) is 2.54. The molecule has 0 aliphatic carbocycles. The molecule has 1 atom stereocenters. The zero-order valence-electron chi connectivity index (χ0n) is 13.1. The summed E-state index contributed by atoms with van der Waals surface area (Å²) in [5, 5.41) is 5.30. The number of rotatable bonds is 4. The van der Waals surface area contributed by atoms with Gasteiger partial charge in [-0.05, 0) is 25.0 Å². The molecule has 0 unspecified atom stereocenters. The first kappa shape index (κ1) is 17.8.